The number of nitrogens with zero attached hydrogens (tertiary/aromatic N) is 3. The summed E-state index contributed by atoms with van der Waals surface area (Å²) in [7, 11) is 1.84. The van der Waals surface area contributed by atoms with Crippen LogP contribution in [0.25, 0.3) is 21.3 Å². The van der Waals surface area contributed by atoms with E-state index in [9.17, 15) is 4.79 Å². The second-order valence-electron chi connectivity index (χ2n) is 13.7. The van der Waals surface area contributed by atoms with Gasteiger partial charge in [0.15, 0.2) is 0 Å². The number of benzene rings is 1. The van der Waals surface area contributed by atoms with Crippen LogP contribution in [0.1, 0.15) is 55.2 Å². The zero-order valence-corrected chi connectivity index (χ0v) is 26.9. The van der Waals surface area contributed by atoms with Gasteiger partial charge in [0.05, 0.1) is 29.5 Å². The van der Waals surface area contributed by atoms with E-state index in [1.807, 2.05) is 45.4 Å². The fraction of sp³-hybridized carbons (Fsp3) is 0.588. The van der Waals surface area contributed by atoms with E-state index in [1.165, 1.54) is 50.2 Å². The van der Waals surface area contributed by atoms with Crippen LogP contribution in [0.2, 0.25) is 0 Å². The number of carbonyl (C=O) groups is 1. The minimum atomic E-state index is -0.524. The lowest BCUT2D eigenvalue weighted by Gasteiger charge is -2.47. The third-order valence-electron chi connectivity index (χ3n) is 9.50. The molecule has 0 bridgehead atoms. The van der Waals surface area contributed by atoms with Crippen LogP contribution < -0.4 is 0 Å². The molecule has 1 amide bonds. The number of pyridine rings is 1. The number of piperidine rings is 1. The van der Waals surface area contributed by atoms with Crippen LogP contribution in [0.5, 0.6) is 0 Å². The van der Waals surface area contributed by atoms with Gasteiger partial charge in [-0.1, -0.05) is 17.7 Å². The largest absolute Gasteiger partial charge is 0.444 e. The lowest BCUT2D eigenvalue weighted by molar-refractivity contribution is -0.144. The number of methoxy groups -OCH3 is 1. The summed E-state index contributed by atoms with van der Waals surface area (Å²) in [6.45, 7) is 12.4. The Labute approximate surface area is 258 Å². The minimum Gasteiger partial charge on any atom is -0.444 e. The summed E-state index contributed by atoms with van der Waals surface area (Å²) in [6.07, 6.45) is 5.41. The summed E-state index contributed by atoms with van der Waals surface area (Å²) in [4.78, 5) is 23.1. The fourth-order valence-corrected chi connectivity index (χ4v) is 8.57. The molecule has 5 heterocycles. The van der Waals surface area contributed by atoms with Crippen LogP contribution in [-0.2, 0) is 31.9 Å². The molecule has 6 atom stereocenters. The molecule has 3 saturated heterocycles. The molecule has 43 heavy (non-hydrogen) atoms. The Bertz CT molecular complexity index is 1530. The fourth-order valence-electron chi connectivity index (χ4n) is 7.42. The van der Waals surface area contributed by atoms with Gasteiger partial charge in [0, 0.05) is 49.2 Å². The van der Waals surface area contributed by atoms with E-state index in [0.717, 1.165) is 18.5 Å². The molecule has 2 aromatic heterocycles. The standard InChI is InChI=1S/C34H43N3O5S/c1-19-13-20(2)26(15-21-17-36(11-12-40-21)33(38)42-34(3,4)5)27(14-19)24-9-10-35-28-16-22(43-30(24)28)18-37-31(39-6)25-8-7-23(25)29-32(37)41-29/h9-10,13-14,16,21,23,25,29,31-32H,7-8,11-12,15,17-18H2,1-6H3. The van der Waals surface area contributed by atoms with E-state index in [-0.39, 0.29) is 24.7 Å². The number of fused-ring (bicyclic) bond motifs is 4. The number of rotatable bonds is 6. The van der Waals surface area contributed by atoms with Crippen LogP contribution in [0.4, 0.5) is 4.79 Å². The number of epoxide rings is 1. The Morgan fingerprint density at radius 1 is 1.14 bits per heavy atom. The average Bonchev–Trinajstić information content (AvgIpc) is 3.58. The Kier molecular flexibility index (Phi) is 7.53. The molecule has 3 aromatic rings. The van der Waals surface area contributed by atoms with Gasteiger partial charge >= 0.3 is 6.09 Å². The van der Waals surface area contributed by atoms with Crippen LogP contribution in [0, 0.1) is 25.7 Å². The Hall–Kier alpha value is -2.56. The number of morpholine rings is 1. The zero-order chi connectivity index (χ0) is 30.0. The maximum atomic E-state index is 12.8. The number of hydrogen-bond acceptors (Lipinski definition) is 8. The van der Waals surface area contributed by atoms with Crippen molar-refractivity contribution in [2.45, 2.75) is 90.7 Å². The molecule has 4 fully saturated rings. The number of amides is 1. The van der Waals surface area contributed by atoms with Gasteiger partial charge in [0.1, 0.15) is 24.2 Å². The van der Waals surface area contributed by atoms with E-state index >= 15 is 0 Å². The number of aryl methyl sites for hydroxylation is 2. The first-order valence-corrected chi connectivity index (χ1v) is 16.4. The summed E-state index contributed by atoms with van der Waals surface area (Å²) in [5.41, 5.74) is 6.62. The highest BCUT2D eigenvalue weighted by molar-refractivity contribution is 7.19. The molecule has 4 aliphatic rings. The van der Waals surface area contributed by atoms with Crippen molar-refractivity contribution in [2.24, 2.45) is 11.8 Å². The van der Waals surface area contributed by atoms with Crippen LogP contribution in [0.15, 0.2) is 30.5 Å². The van der Waals surface area contributed by atoms with Crippen molar-refractivity contribution in [1.82, 2.24) is 14.8 Å². The topological polar surface area (TPSA) is 76.7 Å². The van der Waals surface area contributed by atoms with Crippen LogP contribution in [0.3, 0.4) is 0 Å². The van der Waals surface area contributed by atoms with Gasteiger partial charge in [0.25, 0.3) is 0 Å². The maximum Gasteiger partial charge on any atom is 0.410 e. The quantitative estimate of drug-likeness (QED) is 0.305. The maximum absolute atomic E-state index is 12.8. The SMILES string of the molecule is COC1C2CCC2C2OC2N1Cc1cc2nccc(-c3cc(C)cc(C)c3CC3CN(C(=O)OC(C)(C)C)CCO3)c2s1. The van der Waals surface area contributed by atoms with Crippen molar-refractivity contribution in [2.75, 3.05) is 26.8 Å². The highest BCUT2D eigenvalue weighted by atomic mass is 32.1. The predicted molar refractivity (Wildman–Crippen MR) is 167 cm³/mol. The third-order valence-corrected chi connectivity index (χ3v) is 10.6. The second-order valence-corrected chi connectivity index (χ2v) is 14.8. The van der Waals surface area contributed by atoms with Gasteiger partial charge in [-0.15, -0.1) is 11.3 Å². The zero-order valence-electron chi connectivity index (χ0n) is 26.1. The number of thiophene rings is 1. The molecule has 1 saturated carbocycles. The molecule has 0 N–H and O–H groups in total. The van der Waals surface area contributed by atoms with Gasteiger partial charge < -0.3 is 23.8 Å². The molecule has 1 aromatic carbocycles. The molecule has 3 aliphatic heterocycles. The van der Waals surface area contributed by atoms with Crippen molar-refractivity contribution in [3.8, 4) is 11.1 Å². The van der Waals surface area contributed by atoms with Gasteiger partial charge in [-0.3, -0.25) is 4.98 Å². The van der Waals surface area contributed by atoms with Crippen molar-refractivity contribution < 1.29 is 23.7 Å². The number of hydrogen-bond donors (Lipinski definition) is 0. The Morgan fingerprint density at radius 3 is 2.70 bits per heavy atom. The summed E-state index contributed by atoms with van der Waals surface area (Å²) >= 11 is 1.83. The van der Waals surface area contributed by atoms with Crippen molar-refractivity contribution in [1.29, 1.82) is 0 Å². The molecule has 8 nitrogen and oxygen atoms in total. The van der Waals surface area contributed by atoms with E-state index in [4.69, 9.17) is 23.9 Å². The molecule has 1 aliphatic carbocycles. The Morgan fingerprint density at radius 2 is 1.95 bits per heavy atom. The van der Waals surface area contributed by atoms with E-state index in [0.29, 0.717) is 37.6 Å². The molecule has 7 rings (SSSR count). The monoisotopic (exact) mass is 605 g/mol. The first-order chi connectivity index (χ1) is 20.6. The normalized spacial score (nSPS) is 28.7. The van der Waals surface area contributed by atoms with Crippen molar-refractivity contribution in [3.63, 3.8) is 0 Å². The van der Waals surface area contributed by atoms with Gasteiger partial charge in [0.2, 0.25) is 0 Å². The number of ether oxygens (including phenoxy) is 4. The molecule has 6 unspecified atom stereocenters. The first kappa shape index (κ1) is 29.2. The lowest BCUT2D eigenvalue weighted by atomic mass is 9.68. The number of carbonyl (C=O) groups excluding carboxylic acids is 1. The van der Waals surface area contributed by atoms with E-state index in [1.54, 1.807) is 4.90 Å². The summed E-state index contributed by atoms with van der Waals surface area (Å²) in [6, 6.07) is 8.92. The van der Waals surface area contributed by atoms with Crippen LogP contribution in [-0.4, -0.2) is 77.9 Å². The van der Waals surface area contributed by atoms with Crippen molar-refractivity contribution in [3.05, 3.63) is 52.0 Å². The molecule has 230 valence electrons. The van der Waals surface area contributed by atoms with E-state index < -0.39 is 5.60 Å². The third kappa shape index (κ3) is 5.59. The van der Waals surface area contributed by atoms with Gasteiger partial charge in [-0.2, -0.15) is 0 Å². The van der Waals surface area contributed by atoms with E-state index in [2.05, 4.69) is 43.0 Å². The smallest absolute Gasteiger partial charge is 0.410 e. The summed E-state index contributed by atoms with van der Waals surface area (Å²) in [5.74, 6) is 1.23. The highest BCUT2D eigenvalue weighted by Crippen LogP contribution is 2.55. The molecular weight excluding hydrogens is 562 g/mol. The Balaban J connectivity index is 1.16. The predicted octanol–water partition coefficient (Wildman–Crippen LogP) is 6.30. The first-order valence-electron chi connectivity index (χ1n) is 15.6. The number of aromatic nitrogens is 1. The number of likely N-dealkylation sites (tertiary alicyclic amines) is 1. The van der Waals surface area contributed by atoms with Crippen LogP contribution >= 0.6 is 11.3 Å². The minimum absolute atomic E-state index is 0.107. The van der Waals surface area contributed by atoms with Gasteiger partial charge in [-0.25, -0.2) is 9.69 Å². The average molecular weight is 606 g/mol. The van der Waals surface area contributed by atoms with Crippen molar-refractivity contribution >= 4 is 27.6 Å². The highest BCUT2D eigenvalue weighted by Gasteiger charge is 2.62. The summed E-state index contributed by atoms with van der Waals surface area (Å²) < 4.78 is 25.2. The molecular formula is C34H43N3O5S. The van der Waals surface area contributed by atoms with Gasteiger partial charge in [-0.05, 0) is 82.2 Å². The lowest BCUT2D eigenvalue weighted by Crippen LogP contribution is -2.55. The molecule has 0 radical (unpaired) electrons. The summed E-state index contributed by atoms with van der Waals surface area (Å²) in [5, 5.41) is 0. The second kappa shape index (κ2) is 11.1. The molecule has 0 spiro atoms. The molecule has 9 heteroatoms.